The summed E-state index contributed by atoms with van der Waals surface area (Å²) in [4.78, 5) is 24.2. The zero-order chi connectivity index (χ0) is 13.0. The molecule has 0 amide bonds. The zero-order valence-electron chi connectivity index (χ0n) is 8.93. The molecule has 0 saturated heterocycles. The number of aromatic amines is 1. The Bertz CT molecular complexity index is 470. The van der Waals surface area contributed by atoms with E-state index < -0.39 is 41.3 Å². The van der Waals surface area contributed by atoms with Gasteiger partial charge in [-0.1, -0.05) is 0 Å². The average molecular weight is 249 g/mol. The largest absolute Gasteiger partial charge is 0.466 e. The predicted octanol–water partition coefficient (Wildman–Crippen LogP) is 1.56. The quantitative estimate of drug-likeness (QED) is 0.824. The van der Waals surface area contributed by atoms with Crippen molar-refractivity contribution in [3.8, 4) is 0 Å². The summed E-state index contributed by atoms with van der Waals surface area (Å²) >= 11 is 0. The van der Waals surface area contributed by atoms with Crippen LogP contribution in [0.3, 0.4) is 0 Å². The van der Waals surface area contributed by atoms with Gasteiger partial charge in [-0.15, -0.1) is 0 Å². The van der Waals surface area contributed by atoms with Gasteiger partial charge in [0.2, 0.25) is 0 Å². The second-order valence-corrected chi connectivity index (χ2v) is 3.15. The third-order valence-electron chi connectivity index (χ3n) is 2.01. The fourth-order valence-electron chi connectivity index (χ4n) is 1.24. The minimum Gasteiger partial charge on any atom is -0.466 e. The summed E-state index contributed by atoms with van der Waals surface area (Å²) in [6.07, 6.45) is -3.14. The number of rotatable bonds is 4. The minimum atomic E-state index is -3.06. The molecule has 0 spiro atoms. The van der Waals surface area contributed by atoms with Crippen LogP contribution in [0.4, 0.5) is 13.2 Å². The summed E-state index contributed by atoms with van der Waals surface area (Å²) in [5, 5.41) is 0. The molecule has 0 atom stereocenters. The van der Waals surface area contributed by atoms with Gasteiger partial charge < -0.3 is 9.72 Å². The molecular formula is C10H10F3NO3. The summed E-state index contributed by atoms with van der Waals surface area (Å²) in [6.45, 7) is 1.60. The molecule has 94 valence electrons. The Hall–Kier alpha value is -1.79. The maximum atomic E-state index is 13.5. The smallest absolute Gasteiger partial charge is 0.310 e. The van der Waals surface area contributed by atoms with Crippen molar-refractivity contribution in [2.45, 2.75) is 19.8 Å². The topological polar surface area (TPSA) is 59.2 Å². The Morgan fingerprint density at radius 3 is 2.71 bits per heavy atom. The van der Waals surface area contributed by atoms with E-state index in [1.54, 1.807) is 0 Å². The molecule has 0 bridgehead atoms. The fourth-order valence-corrected chi connectivity index (χ4v) is 1.24. The van der Waals surface area contributed by atoms with Crippen molar-refractivity contribution in [3.05, 3.63) is 33.5 Å². The molecule has 1 aromatic heterocycles. The molecule has 0 unspecified atom stereocenters. The van der Waals surface area contributed by atoms with Crippen molar-refractivity contribution >= 4 is 5.97 Å². The predicted molar refractivity (Wildman–Crippen MR) is 52.3 cm³/mol. The molecule has 0 saturated carbocycles. The van der Waals surface area contributed by atoms with E-state index in [-0.39, 0.29) is 6.61 Å². The molecular weight excluding hydrogens is 239 g/mol. The first-order chi connectivity index (χ1) is 7.97. The van der Waals surface area contributed by atoms with Crippen LogP contribution in [0.2, 0.25) is 0 Å². The number of nitrogens with one attached hydrogen (secondary N) is 1. The molecule has 0 aromatic carbocycles. The van der Waals surface area contributed by atoms with E-state index in [2.05, 4.69) is 4.74 Å². The Balaban J connectivity index is 3.10. The van der Waals surface area contributed by atoms with E-state index in [1.165, 1.54) is 6.92 Å². The van der Waals surface area contributed by atoms with E-state index in [0.29, 0.717) is 6.20 Å². The number of ether oxygens (including phenoxy) is 1. The van der Waals surface area contributed by atoms with Gasteiger partial charge in [-0.25, -0.2) is 13.2 Å². The number of hydrogen-bond donors (Lipinski definition) is 1. The maximum Gasteiger partial charge on any atom is 0.310 e. The molecule has 1 N–H and O–H groups in total. The summed E-state index contributed by atoms with van der Waals surface area (Å²) in [7, 11) is 0. The van der Waals surface area contributed by atoms with Crippen molar-refractivity contribution in [3.63, 3.8) is 0 Å². The summed E-state index contributed by atoms with van der Waals surface area (Å²) < 4.78 is 42.7. The van der Waals surface area contributed by atoms with Crippen molar-refractivity contribution in [1.82, 2.24) is 4.98 Å². The molecule has 0 aliphatic carbocycles. The van der Waals surface area contributed by atoms with Crippen LogP contribution in [0.15, 0.2) is 11.0 Å². The van der Waals surface area contributed by atoms with Gasteiger partial charge >= 0.3 is 5.97 Å². The standard InChI is InChI=1S/C10H10F3NO3/c1-2-17-7(15)3-5-8(11)6(9(12)13)4-14-10(5)16/h4,9H,2-3H2,1H3,(H,14,16). The number of H-pyrrole nitrogens is 1. The van der Waals surface area contributed by atoms with Gasteiger partial charge in [0.05, 0.1) is 24.2 Å². The zero-order valence-corrected chi connectivity index (χ0v) is 8.93. The van der Waals surface area contributed by atoms with Gasteiger partial charge in [0.15, 0.2) is 0 Å². The van der Waals surface area contributed by atoms with Crippen molar-refractivity contribution in [2.75, 3.05) is 6.61 Å². The summed E-state index contributed by atoms with van der Waals surface area (Å²) in [5.74, 6) is -2.21. The third-order valence-corrected chi connectivity index (χ3v) is 2.01. The van der Waals surface area contributed by atoms with Crippen LogP contribution in [-0.4, -0.2) is 17.6 Å². The van der Waals surface area contributed by atoms with Gasteiger partial charge in [-0.2, -0.15) is 0 Å². The van der Waals surface area contributed by atoms with Crippen LogP contribution in [-0.2, 0) is 16.0 Å². The van der Waals surface area contributed by atoms with Crippen LogP contribution in [0.25, 0.3) is 0 Å². The number of halogens is 3. The third kappa shape index (κ3) is 3.08. The Kier molecular flexibility index (Phi) is 4.30. The maximum absolute atomic E-state index is 13.5. The van der Waals surface area contributed by atoms with E-state index >= 15 is 0 Å². The lowest BCUT2D eigenvalue weighted by Crippen LogP contribution is -2.21. The number of carbonyl (C=O) groups excluding carboxylic acids is 1. The lowest BCUT2D eigenvalue weighted by molar-refractivity contribution is -0.142. The molecule has 7 heteroatoms. The van der Waals surface area contributed by atoms with Crippen molar-refractivity contribution < 1.29 is 22.7 Å². The van der Waals surface area contributed by atoms with Crippen LogP contribution >= 0.6 is 0 Å². The van der Waals surface area contributed by atoms with Crippen LogP contribution in [0.5, 0.6) is 0 Å². The summed E-state index contributed by atoms with van der Waals surface area (Å²) in [5.41, 5.74) is -2.50. The van der Waals surface area contributed by atoms with Crippen LogP contribution in [0.1, 0.15) is 24.5 Å². The molecule has 0 fully saturated rings. The van der Waals surface area contributed by atoms with E-state index in [0.717, 1.165) is 0 Å². The number of carbonyl (C=O) groups is 1. The first kappa shape index (κ1) is 13.3. The lowest BCUT2D eigenvalue weighted by atomic mass is 10.1. The van der Waals surface area contributed by atoms with Gasteiger partial charge in [-0.3, -0.25) is 9.59 Å². The molecule has 0 aliphatic heterocycles. The number of aromatic nitrogens is 1. The Labute approximate surface area is 94.4 Å². The number of hydrogen-bond acceptors (Lipinski definition) is 3. The van der Waals surface area contributed by atoms with Crippen molar-refractivity contribution in [1.29, 1.82) is 0 Å². The van der Waals surface area contributed by atoms with Crippen LogP contribution in [0, 0.1) is 5.82 Å². The van der Waals surface area contributed by atoms with Gasteiger partial charge in [-0.05, 0) is 6.92 Å². The average Bonchev–Trinajstić information content (AvgIpc) is 2.24. The lowest BCUT2D eigenvalue weighted by Gasteiger charge is -2.06. The first-order valence-electron chi connectivity index (χ1n) is 4.81. The Morgan fingerprint density at radius 1 is 1.53 bits per heavy atom. The second-order valence-electron chi connectivity index (χ2n) is 3.15. The normalized spacial score (nSPS) is 10.6. The molecule has 1 rings (SSSR count). The van der Waals surface area contributed by atoms with E-state index in [1.807, 2.05) is 4.98 Å². The Morgan fingerprint density at radius 2 is 2.18 bits per heavy atom. The van der Waals surface area contributed by atoms with Crippen LogP contribution < -0.4 is 5.56 Å². The highest BCUT2D eigenvalue weighted by Crippen LogP contribution is 2.21. The second kappa shape index (κ2) is 5.51. The highest BCUT2D eigenvalue weighted by Gasteiger charge is 2.21. The molecule has 0 aliphatic rings. The van der Waals surface area contributed by atoms with Gasteiger partial charge in [0.25, 0.3) is 12.0 Å². The fraction of sp³-hybridized carbons (Fsp3) is 0.400. The van der Waals surface area contributed by atoms with Gasteiger partial charge in [0, 0.05) is 6.20 Å². The van der Waals surface area contributed by atoms with E-state index in [4.69, 9.17) is 0 Å². The first-order valence-corrected chi connectivity index (χ1v) is 4.81. The minimum absolute atomic E-state index is 0.0624. The van der Waals surface area contributed by atoms with Gasteiger partial charge in [0.1, 0.15) is 5.82 Å². The van der Waals surface area contributed by atoms with Crippen molar-refractivity contribution in [2.24, 2.45) is 0 Å². The SMILES string of the molecule is CCOC(=O)Cc1c(F)c(C(F)F)c[nH]c1=O. The monoisotopic (exact) mass is 249 g/mol. The number of esters is 1. The highest BCUT2D eigenvalue weighted by molar-refractivity contribution is 5.72. The molecule has 0 radical (unpaired) electrons. The number of pyridine rings is 1. The molecule has 1 heterocycles. The molecule has 1 aromatic rings. The number of alkyl halides is 2. The highest BCUT2D eigenvalue weighted by atomic mass is 19.3. The molecule has 17 heavy (non-hydrogen) atoms. The summed E-state index contributed by atoms with van der Waals surface area (Å²) in [6, 6.07) is 0. The molecule has 4 nitrogen and oxygen atoms in total. The van der Waals surface area contributed by atoms with E-state index in [9.17, 15) is 22.8 Å².